The second-order valence-corrected chi connectivity index (χ2v) is 4.98. The summed E-state index contributed by atoms with van der Waals surface area (Å²) in [6.45, 7) is 4.83. The summed E-state index contributed by atoms with van der Waals surface area (Å²) >= 11 is 6.25. The molecule has 0 radical (unpaired) electrons. The summed E-state index contributed by atoms with van der Waals surface area (Å²) in [6.07, 6.45) is 3.41. The van der Waals surface area contributed by atoms with Crippen LogP contribution in [0.5, 0.6) is 0 Å². The van der Waals surface area contributed by atoms with Gasteiger partial charge in [-0.25, -0.2) is 0 Å². The van der Waals surface area contributed by atoms with Crippen molar-refractivity contribution >= 4 is 11.6 Å². The minimum Gasteiger partial charge on any atom is -0.329 e. The fourth-order valence-electron chi connectivity index (χ4n) is 2.29. The average molecular weight is 251 g/mol. The number of rotatable bonds is 3. The van der Waals surface area contributed by atoms with E-state index in [2.05, 4.69) is 24.0 Å². The Balaban J connectivity index is 2.20. The molecule has 0 amide bonds. The largest absolute Gasteiger partial charge is 0.329 e. The molecule has 1 aliphatic rings. The summed E-state index contributed by atoms with van der Waals surface area (Å²) in [5, 5.41) is 0.814. The number of hydrogen-bond donors (Lipinski definition) is 1. The van der Waals surface area contributed by atoms with Gasteiger partial charge in [-0.15, -0.1) is 0 Å². The smallest absolute Gasteiger partial charge is 0.0488 e. The number of benzene rings is 1. The molecule has 2 nitrogen and oxygen atoms in total. The van der Waals surface area contributed by atoms with Crippen LogP contribution < -0.4 is 5.73 Å². The van der Waals surface area contributed by atoms with Gasteiger partial charge in [-0.2, -0.15) is 0 Å². The predicted molar refractivity (Wildman–Crippen MR) is 73.2 cm³/mol. The molecular weight excluding hydrogens is 232 g/mol. The molecule has 1 aromatic carbocycles. The molecule has 0 saturated carbocycles. The van der Waals surface area contributed by atoms with E-state index in [1.165, 1.54) is 5.57 Å². The van der Waals surface area contributed by atoms with Gasteiger partial charge in [0.05, 0.1) is 0 Å². The van der Waals surface area contributed by atoms with Crippen LogP contribution in [0.15, 0.2) is 35.9 Å². The number of hydrogen-bond acceptors (Lipinski definition) is 2. The third-order valence-electron chi connectivity index (χ3n) is 3.40. The number of nitrogens with zero attached hydrogens (tertiary/aromatic N) is 1. The average Bonchev–Trinajstić information content (AvgIpc) is 2.35. The number of nitrogens with two attached hydrogens (primary N) is 1. The maximum Gasteiger partial charge on any atom is 0.0488 e. The van der Waals surface area contributed by atoms with Crippen LogP contribution in [-0.2, 0) is 0 Å². The molecule has 0 aliphatic carbocycles. The van der Waals surface area contributed by atoms with Crippen LogP contribution in [-0.4, -0.2) is 24.5 Å². The minimum atomic E-state index is 0.230. The molecule has 92 valence electrons. The van der Waals surface area contributed by atoms with E-state index in [9.17, 15) is 0 Å². The van der Waals surface area contributed by atoms with Crippen LogP contribution in [0, 0.1) is 0 Å². The lowest BCUT2D eigenvalue weighted by molar-refractivity contribution is 0.217. The van der Waals surface area contributed by atoms with Crippen LogP contribution in [0.25, 0.3) is 0 Å². The molecule has 0 saturated heterocycles. The van der Waals surface area contributed by atoms with E-state index in [1.54, 1.807) is 0 Å². The van der Waals surface area contributed by atoms with E-state index in [0.717, 1.165) is 30.1 Å². The molecular formula is C14H19ClN2. The molecule has 0 bridgehead atoms. The molecule has 0 fully saturated rings. The van der Waals surface area contributed by atoms with Crippen LogP contribution >= 0.6 is 11.6 Å². The van der Waals surface area contributed by atoms with Crippen molar-refractivity contribution in [2.45, 2.75) is 19.4 Å². The Morgan fingerprint density at radius 1 is 1.41 bits per heavy atom. The lowest BCUT2D eigenvalue weighted by atomic mass is 10.0. The SMILES string of the molecule is CC1=CCN(C(CN)c2ccccc2Cl)CC1. The van der Waals surface area contributed by atoms with Gasteiger partial charge in [0.2, 0.25) is 0 Å². The highest BCUT2D eigenvalue weighted by Crippen LogP contribution is 2.28. The van der Waals surface area contributed by atoms with Crippen molar-refractivity contribution in [2.75, 3.05) is 19.6 Å². The van der Waals surface area contributed by atoms with E-state index in [-0.39, 0.29) is 6.04 Å². The minimum absolute atomic E-state index is 0.230. The lowest BCUT2D eigenvalue weighted by Crippen LogP contribution is -2.36. The van der Waals surface area contributed by atoms with Crippen LogP contribution in [0.1, 0.15) is 24.9 Å². The Morgan fingerprint density at radius 3 is 2.76 bits per heavy atom. The van der Waals surface area contributed by atoms with E-state index in [4.69, 9.17) is 17.3 Å². The molecule has 0 spiro atoms. The van der Waals surface area contributed by atoms with Crippen LogP contribution in [0.3, 0.4) is 0 Å². The van der Waals surface area contributed by atoms with Gasteiger partial charge in [-0.3, -0.25) is 4.90 Å². The van der Waals surface area contributed by atoms with Gasteiger partial charge in [0.1, 0.15) is 0 Å². The Labute approximate surface area is 108 Å². The zero-order valence-electron chi connectivity index (χ0n) is 10.2. The number of halogens is 1. The van der Waals surface area contributed by atoms with Crippen molar-refractivity contribution in [3.63, 3.8) is 0 Å². The first-order valence-electron chi connectivity index (χ1n) is 6.06. The molecule has 1 unspecified atom stereocenters. The van der Waals surface area contributed by atoms with Gasteiger partial charge in [0.25, 0.3) is 0 Å². The van der Waals surface area contributed by atoms with E-state index in [1.807, 2.05) is 18.2 Å². The zero-order chi connectivity index (χ0) is 12.3. The molecule has 1 aromatic rings. The summed E-state index contributed by atoms with van der Waals surface area (Å²) in [5.74, 6) is 0. The Hall–Kier alpha value is -0.830. The van der Waals surface area contributed by atoms with Crippen LogP contribution in [0.4, 0.5) is 0 Å². The Bertz CT molecular complexity index is 414. The summed E-state index contributed by atoms with van der Waals surface area (Å²) in [5.41, 5.74) is 8.53. The summed E-state index contributed by atoms with van der Waals surface area (Å²) in [4.78, 5) is 2.40. The fourth-order valence-corrected chi connectivity index (χ4v) is 2.55. The lowest BCUT2D eigenvalue weighted by Gasteiger charge is -2.33. The van der Waals surface area contributed by atoms with Gasteiger partial charge in [-0.1, -0.05) is 41.4 Å². The maximum atomic E-state index is 6.25. The molecule has 2 N–H and O–H groups in total. The van der Waals surface area contributed by atoms with Crippen molar-refractivity contribution in [3.8, 4) is 0 Å². The quantitative estimate of drug-likeness (QED) is 0.836. The monoisotopic (exact) mass is 250 g/mol. The molecule has 2 rings (SSSR count). The first kappa shape index (κ1) is 12.6. The van der Waals surface area contributed by atoms with Gasteiger partial charge in [-0.05, 0) is 25.0 Å². The summed E-state index contributed by atoms with van der Waals surface area (Å²) in [6, 6.07) is 8.22. The molecule has 1 aliphatic heterocycles. The fraction of sp³-hybridized carbons (Fsp3) is 0.429. The highest BCUT2D eigenvalue weighted by molar-refractivity contribution is 6.31. The summed E-state index contributed by atoms with van der Waals surface area (Å²) < 4.78 is 0. The molecule has 17 heavy (non-hydrogen) atoms. The van der Waals surface area contributed by atoms with Crippen molar-refractivity contribution in [2.24, 2.45) is 5.73 Å². The van der Waals surface area contributed by atoms with Crippen molar-refractivity contribution in [1.82, 2.24) is 4.90 Å². The van der Waals surface area contributed by atoms with Crippen molar-refractivity contribution in [1.29, 1.82) is 0 Å². The molecule has 1 atom stereocenters. The molecule has 3 heteroatoms. The van der Waals surface area contributed by atoms with Gasteiger partial charge >= 0.3 is 0 Å². The standard InChI is InChI=1S/C14H19ClN2/c1-11-6-8-17(9-7-11)14(10-16)12-4-2-3-5-13(12)15/h2-6,14H,7-10,16H2,1H3. The highest BCUT2D eigenvalue weighted by atomic mass is 35.5. The molecule has 0 aromatic heterocycles. The van der Waals surface area contributed by atoms with E-state index in [0.29, 0.717) is 6.54 Å². The topological polar surface area (TPSA) is 29.3 Å². The third-order valence-corrected chi connectivity index (χ3v) is 3.74. The van der Waals surface area contributed by atoms with E-state index >= 15 is 0 Å². The second kappa shape index (κ2) is 5.67. The first-order chi connectivity index (χ1) is 8.22. The summed E-state index contributed by atoms with van der Waals surface area (Å²) in [7, 11) is 0. The first-order valence-corrected chi connectivity index (χ1v) is 6.44. The second-order valence-electron chi connectivity index (χ2n) is 4.57. The maximum absolute atomic E-state index is 6.25. The molecule has 1 heterocycles. The zero-order valence-corrected chi connectivity index (χ0v) is 11.0. The Kier molecular flexibility index (Phi) is 4.21. The third kappa shape index (κ3) is 2.89. The van der Waals surface area contributed by atoms with Crippen LogP contribution in [0.2, 0.25) is 5.02 Å². The van der Waals surface area contributed by atoms with Gasteiger partial charge in [0.15, 0.2) is 0 Å². The normalized spacial score (nSPS) is 18.9. The van der Waals surface area contributed by atoms with Gasteiger partial charge < -0.3 is 5.73 Å². The Morgan fingerprint density at radius 2 is 2.18 bits per heavy atom. The predicted octanol–water partition coefficient (Wildman–Crippen LogP) is 2.99. The van der Waals surface area contributed by atoms with Crippen molar-refractivity contribution in [3.05, 3.63) is 46.5 Å². The highest BCUT2D eigenvalue weighted by Gasteiger charge is 2.21. The van der Waals surface area contributed by atoms with Gasteiger partial charge in [0, 0.05) is 30.7 Å². The van der Waals surface area contributed by atoms with Crippen molar-refractivity contribution < 1.29 is 0 Å². The van der Waals surface area contributed by atoms with E-state index < -0.39 is 0 Å².